The van der Waals surface area contributed by atoms with E-state index in [0.717, 1.165) is 35.4 Å². The maximum absolute atomic E-state index is 11.2. The summed E-state index contributed by atoms with van der Waals surface area (Å²) in [5.41, 5.74) is 4.58. The molecule has 28 heavy (non-hydrogen) atoms. The van der Waals surface area contributed by atoms with Gasteiger partial charge >= 0.3 is 0 Å². The second-order valence-corrected chi connectivity index (χ2v) is 9.20. The fourth-order valence-corrected chi connectivity index (χ4v) is 6.60. The summed E-state index contributed by atoms with van der Waals surface area (Å²) in [6.07, 6.45) is 9.07. The van der Waals surface area contributed by atoms with Crippen molar-refractivity contribution >= 4 is 6.29 Å². The zero-order valence-corrected chi connectivity index (χ0v) is 16.5. The van der Waals surface area contributed by atoms with Crippen LogP contribution in [-0.2, 0) is 10.2 Å². The quantitative estimate of drug-likeness (QED) is 0.485. The predicted octanol–water partition coefficient (Wildman–Crippen LogP) is 5.62. The van der Waals surface area contributed by atoms with Crippen LogP contribution in [0.3, 0.4) is 0 Å². The van der Waals surface area contributed by atoms with Crippen molar-refractivity contribution in [1.82, 2.24) is 0 Å². The van der Waals surface area contributed by atoms with E-state index >= 15 is 0 Å². The van der Waals surface area contributed by atoms with Crippen LogP contribution in [0, 0.1) is 17.8 Å². The molecule has 4 fully saturated rings. The molecule has 146 valence electrons. The van der Waals surface area contributed by atoms with Gasteiger partial charge in [-0.1, -0.05) is 24.3 Å². The van der Waals surface area contributed by atoms with Crippen LogP contribution in [0.25, 0.3) is 11.1 Å². The van der Waals surface area contributed by atoms with Crippen molar-refractivity contribution in [1.29, 1.82) is 0 Å². The zero-order chi connectivity index (χ0) is 19.1. The molecule has 0 atom stereocenters. The normalized spacial score (nSPS) is 30.4. The zero-order valence-electron chi connectivity index (χ0n) is 16.5. The molecule has 0 aromatic heterocycles. The summed E-state index contributed by atoms with van der Waals surface area (Å²) in [7, 11) is 1.67. The molecule has 0 spiro atoms. The van der Waals surface area contributed by atoms with E-state index in [1.165, 1.54) is 49.7 Å². The van der Waals surface area contributed by atoms with Gasteiger partial charge in [0, 0.05) is 18.2 Å². The van der Waals surface area contributed by atoms with Gasteiger partial charge in [0.1, 0.15) is 12.0 Å². The maximum atomic E-state index is 11.2. The highest BCUT2D eigenvalue weighted by atomic mass is 16.7. The van der Waals surface area contributed by atoms with Crippen LogP contribution in [0.1, 0.15) is 54.4 Å². The molecule has 0 radical (unpaired) electrons. The van der Waals surface area contributed by atoms with Crippen LogP contribution >= 0.6 is 0 Å². The Kier molecular flexibility index (Phi) is 4.51. The molecule has 0 amide bonds. The minimum Gasteiger partial charge on any atom is -0.467 e. The number of carbonyl (C=O) groups excluding carboxylic acids is 1. The van der Waals surface area contributed by atoms with Gasteiger partial charge in [0.25, 0.3) is 0 Å². The third-order valence-corrected chi connectivity index (χ3v) is 7.28. The van der Waals surface area contributed by atoms with Gasteiger partial charge in [0.2, 0.25) is 0 Å². The minimum absolute atomic E-state index is 0.246. The second kappa shape index (κ2) is 7.04. The van der Waals surface area contributed by atoms with Gasteiger partial charge < -0.3 is 9.47 Å². The summed E-state index contributed by atoms with van der Waals surface area (Å²) in [5.74, 6) is 3.61. The molecule has 0 heterocycles. The molecule has 3 nitrogen and oxygen atoms in total. The van der Waals surface area contributed by atoms with Gasteiger partial charge in [-0.15, -0.1) is 0 Å². The van der Waals surface area contributed by atoms with E-state index in [1.54, 1.807) is 7.11 Å². The summed E-state index contributed by atoms with van der Waals surface area (Å²) in [4.78, 5) is 11.2. The molecule has 4 aliphatic carbocycles. The summed E-state index contributed by atoms with van der Waals surface area (Å²) >= 11 is 0. The number of hydrogen-bond acceptors (Lipinski definition) is 3. The fraction of sp³-hybridized carbons (Fsp3) is 0.480. The smallest absolute Gasteiger partial charge is 0.188 e. The van der Waals surface area contributed by atoms with Crippen LogP contribution < -0.4 is 4.74 Å². The van der Waals surface area contributed by atoms with Gasteiger partial charge in [-0.25, -0.2) is 0 Å². The Hall–Kier alpha value is -2.13. The maximum Gasteiger partial charge on any atom is 0.188 e. The van der Waals surface area contributed by atoms with Crippen molar-refractivity contribution in [3.8, 4) is 16.9 Å². The second-order valence-electron chi connectivity index (χ2n) is 9.20. The molecule has 6 rings (SSSR count). The third kappa shape index (κ3) is 3.06. The first kappa shape index (κ1) is 17.9. The Labute approximate surface area is 167 Å². The first-order valence-electron chi connectivity index (χ1n) is 10.5. The van der Waals surface area contributed by atoms with Crippen LogP contribution in [0.4, 0.5) is 0 Å². The van der Waals surface area contributed by atoms with Crippen molar-refractivity contribution < 1.29 is 14.3 Å². The van der Waals surface area contributed by atoms with Gasteiger partial charge in [0.05, 0.1) is 0 Å². The topological polar surface area (TPSA) is 35.5 Å². The van der Waals surface area contributed by atoms with E-state index in [-0.39, 0.29) is 12.2 Å². The number of ether oxygens (including phenoxy) is 2. The van der Waals surface area contributed by atoms with E-state index in [9.17, 15) is 4.79 Å². The average Bonchev–Trinajstić information content (AvgIpc) is 2.71. The van der Waals surface area contributed by atoms with E-state index < -0.39 is 0 Å². The molecule has 0 saturated heterocycles. The third-order valence-electron chi connectivity index (χ3n) is 7.28. The predicted molar refractivity (Wildman–Crippen MR) is 110 cm³/mol. The fourth-order valence-electron chi connectivity index (χ4n) is 6.60. The highest BCUT2D eigenvalue weighted by Gasteiger charge is 2.52. The molecule has 0 unspecified atom stereocenters. The largest absolute Gasteiger partial charge is 0.467 e. The van der Waals surface area contributed by atoms with Crippen molar-refractivity contribution in [2.45, 2.75) is 43.9 Å². The first-order chi connectivity index (χ1) is 13.7. The molecule has 4 bridgehead atoms. The lowest BCUT2D eigenvalue weighted by molar-refractivity contribution is -0.00880. The lowest BCUT2D eigenvalue weighted by Crippen LogP contribution is -2.48. The Bertz CT molecular complexity index is 850. The Morgan fingerprint density at radius 3 is 2.29 bits per heavy atom. The average molecular weight is 376 g/mol. The molecule has 4 aliphatic rings. The van der Waals surface area contributed by atoms with Crippen molar-refractivity contribution in [2.24, 2.45) is 17.8 Å². The molecule has 2 aromatic carbocycles. The van der Waals surface area contributed by atoms with E-state index in [1.807, 2.05) is 18.2 Å². The number of methoxy groups -OCH3 is 1. The number of hydrogen-bond donors (Lipinski definition) is 0. The van der Waals surface area contributed by atoms with E-state index in [4.69, 9.17) is 9.47 Å². The molecular weight excluding hydrogens is 348 g/mol. The molecule has 2 aromatic rings. The summed E-state index contributed by atoms with van der Waals surface area (Å²) in [5, 5.41) is 0. The first-order valence-corrected chi connectivity index (χ1v) is 10.5. The van der Waals surface area contributed by atoms with Gasteiger partial charge in [-0.3, -0.25) is 4.79 Å². The van der Waals surface area contributed by atoms with Crippen LogP contribution in [0.5, 0.6) is 5.75 Å². The lowest BCUT2D eigenvalue weighted by Gasteiger charge is -2.57. The van der Waals surface area contributed by atoms with Gasteiger partial charge in [-0.05, 0) is 91.0 Å². The summed E-state index contributed by atoms with van der Waals surface area (Å²) in [6, 6.07) is 14.4. The van der Waals surface area contributed by atoms with Gasteiger partial charge in [0.15, 0.2) is 6.79 Å². The SMILES string of the molecule is COCOc1ccc(-c2cccc(C=O)c2)cc1C12CC3CC(CC(C3)C1)C2. The Morgan fingerprint density at radius 1 is 0.964 bits per heavy atom. The lowest BCUT2D eigenvalue weighted by atomic mass is 9.48. The molecular formula is C25H28O3. The Morgan fingerprint density at radius 2 is 1.64 bits per heavy atom. The molecule has 4 saturated carbocycles. The molecule has 0 N–H and O–H groups in total. The summed E-state index contributed by atoms with van der Waals surface area (Å²) in [6.45, 7) is 0.277. The van der Waals surface area contributed by atoms with Gasteiger partial charge in [-0.2, -0.15) is 0 Å². The minimum atomic E-state index is 0.246. The number of benzene rings is 2. The van der Waals surface area contributed by atoms with Crippen LogP contribution in [-0.4, -0.2) is 20.2 Å². The van der Waals surface area contributed by atoms with E-state index in [0.29, 0.717) is 5.56 Å². The monoisotopic (exact) mass is 376 g/mol. The molecule has 0 aliphatic heterocycles. The van der Waals surface area contributed by atoms with Crippen LogP contribution in [0.15, 0.2) is 42.5 Å². The Balaban J connectivity index is 1.59. The number of aldehydes is 1. The molecule has 3 heteroatoms. The van der Waals surface area contributed by atoms with Crippen molar-refractivity contribution in [3.05, 3.63) is 53.6 Å². The van der Waals surface area contributed by atoms with Crippen molar-refractivity contribution in [2.75, 3.05) is 13.9 Å². The standard InChI is InChI=1S/C25H28O3/c1-27-16-28-24-6-5-22(21-4-2-3-17(10-21)15-26)11-23(24)25-12-18-7-19(13-25)9-20(8-18)14-25/h2-6,10-11,15,18-20H,7-9,12-14,16H2,1H3. The summed E-state index contributed by atoms with van der Waals surface area (Å²) < 4.78 is 11.2. The van der Waals surface area contributed by atoms with E-state index in [2.05, 4.69) is 24.3 Å². The van der Waals surface area contributed by atoms with Crippen LogP contribution in [0.2, 0.25) is 0 Å². The highest BCUT2D eigenvalue weighted by Crippen LogP contribution is 2.62. The van der Waals surface area contributed by atoms with Crippen molar-refractivity contribution in [3.63, 3.8) is 0 Å². The highest BCUT2D eigenvalue weighted by molar-refractivity contribution is 5.79. The number of carbonyl (C=O) groups is 1. The number of rotatable bonds is 6.